The van der Waals surface area contributed by atoms with Crippen molar-refractivity contribution in [2.24, 2.45) is 5.92 Å². The summed E-state index contributed by atoms with van der Waals surface area (Å²) in [6, 6.07) is 0. The number of carbonyl (C=O) groups excluding carboxylic acids is 2. The molecule has 1 atom stereocenters. The van der Waals surface area contributed by atoms with Crippen molar-refractivity contribution >= 4 is 11.9 Å². The standard InChI is InChI=1S/C10H17NO3/c1-10(2,3)14-9(13)5-7-4-8(12)11-6-7/h7H,4-6H2,1-3H3,(H,11,12). The molecule has 1 rings (SSSR count). The van der Waals surface area contributed by atoms with E-state index in [2.05, 4.69) is 5.32 Å². The van der Waals surface area contributed by atoms with Gasteiger partial charge >= 0.3 is 5.97 Å². The SMILES string of the molecule is CC(C)(C)OC(=O)CC1CNC(=O)C1. The maximum Gasteiger partial charge on any atom is 0.306 e. The van der Waals surface area contributed by atoms with E-state index in [-0.39, 0.29) is 17.8 Å². The third-order valence-electron chi connectivity index (χ3n) is 1.94. The maximum absolute atomic E-state index is 11.4. The molecule has 0 aromatic carbocycles. The minimum absolute atomic E-state index is 0.0264. The van der Waals surface area contributed by atoms with Gasteiger partial charge in [-0.15, -0.1) is 0 Å². The van der Waals surface area contributed by atoms with E-state index in [0.29, 0.717) is 19.4 Å². The highest BCUT2D eigenvalue weighted by atomic mass is 16.6. The Balaban J connectivity index is 2.31. The summed E-state index contributed by atoms with van der Waals surface area (Å²) >= 11 is 0. The van der Waals surface area contributed by atoms with Crippen molar-refractivity contribution in [1.29, 1.82) is 0 Å². The second-order valence-electron chi connectivity index (χ2n) is 4.66. The van der Waals surface area contributed by atoms with Crippen LogP contribution >= 0.6 is 0 Å². The monoisotopic (exact) mass is 199 g/mol. The smallest absolute Gasteiger partial charge is 0.306 e. The van der Waals surface area contributed by atoms with Crippen LogP contribution in [-0.4, -0.2) is 24.0 Å². The first-order valence-corrected chi connectivity index (χ1v) is 4.85. The zero-order valence-corrected chi connectivity index (χ0v) is 8.92. The average molecular weight is 199 g/mol. The summed E-state index contributed by atoms with van der Waals surface area (Å²) in [5.74, 6) is -0.0880. The number of hydrogen-bond donors (Lipinski definition) is 1. The molecule has 0 radical (unpaired) electrons. The summed E-state index contributed by atoms with van der Waals surface area (Å²) in [6.45, 7) is 6.10. The van der Waals surface area contributed by atoms with E-state index in [9.17, 15) is 9.59 Å². The van der Waals surface area contributed by atoms with E-state index in [0.717, 1.165) is 0 Å². The van der Waals surface area contributed by atoms with Gasteiger partial charge in [-0.2, -0.15) is 0 Å². The molecule has 1 unspecified atom stereocenters. The first-order valence-electron chi connectivity index (χ1n) is 4.85. The lowest BCUT2D eigenvalue weighted by atomic mass is 10.0. The quantitative estimate of drug-likeness (QED) is 0.671. The molecule has 1 N–H and O–H groups in total. The Morgan fingerprint density at radius 3 is 2.64 bits per heavy atom. The predicted octanol–water partition coefficient (Wildman–Crippen LogP) is 0.854. The van der Waals surface area contributed by atoms with Crippen LogP contribution in [0.3, 0.4) is 0 Å². The second kappa shape index (κ2) is 3.98. The summed E-state index contributed by atoms with van der Waals surface area (Å²) in [7, 11) is 0. The number of esters is 1. The van der Waals surface area contributed by atoms with Gasteiger partial charge in [0, 0.05) is 13.0 Å². The van der Waals surface area contributed by atoms with Crippen molar-refractivity contribution in [3.05, 3.63) is 0 Å². The molecule has 0 spiro atoms. The molecule has 1 heterocycles. The maximum atomic E-state index is 11.4. The van der Waals surface area contributed by atoms with Crippen LogP contribution in [0.4, 0.5) is 0 Å². The lowest BCUT2D eigenvalue weighted by Crippen LogP contribution is -2.25. The van der Waals surface area contributed by atoms with E-state index in [1.807, 2.05) is 20.8 Å². The average Bonchev–Trinajstić information content (AvgIpc) is 2.30. The summed E-state index contributed by atoms with van der Waals surface area (Å²) < 4.78 is 5.16. The fourth-order valence-corrected chi connectivity index (χ4v) is 1.43. The number of rotatable bonds is 2. The molecule has 4 heteroatoms. The lowest BCUT2D eigenvalue weighted by Gasteiger charge is -2.20. The summed E-state index contributed by atoms with van der Waals surface area (Å²) in [4.78, 5) is 22.2. The number of hydrogen-bond acceptors (Lipinski definition) is 3. The molecule has 14 heavy (non-hydrogen) atoms. The van der Waals surface area contributed by atoms with E-state index >= 15 is 0 Å². The van der Waals surface area contributed by atoms with E-state index in [4.69, 9.17) is 4.74 Å². The van der Waals surface area contributed by atoms with Gasteiger partial charge in [-0.3, -0.25) is 9.59 Å². The molecular formula is C10H17NO3. The first kappa shape index (κ1) is 11.0. The van der Waals surface area contributed by atoms with Gasteiger partial charge in [-0.25, -0.2) is 0 Å². The summed E-state index contributed by atoms with van der Waals surface area (Å²) in [5, 5.41) is 2.69. The van der Waals surface area contributed by atoms with Crippen LogP contribution in [0.1, 0.15) is 33.6 Å². The van der Waals surface area contributed by atoms with E-state index < -0.39 is 5.60 Å². The van der Waals surface area contributed by atoms with Crippen LogP contribution in [0.25, 0.3) is 0 Å². The Morgan fingerprint density at radius 2 is 2.21 bits per heavy atom. The fourth-order valence-electron chi connectivity index (χ4n) is 1.43. The molecule has 0 aromatic heterocycles. The number of amides is 1. The largest absolute Gasteiger partial charge is 0.460 e. The van der Waals surface area contributed by atoms with Crippen LogP contribution in [0, 0.1) is 5.92 Å². The highest BCUT2D eigenvalue weighted by molar-refractivity contribution is 5.80. The highest BCUT2D eigenvalue weighted by Crippen LogP contribution is 2.16. The third-order valence-corrected chi connectivity index (χ3v) is 1.94. The normalized spacial score (nSPS) is 21.9. The van der Waals surface area contributed by atoms with Crippen molar-refractivity contribution in [3.63, 3.8) is 0 Å². The molecular weight excluding hydrogens is 182 g/mol. The van der Waals surface area contributed by atoms with Crippen LogP contribution in [0.15, 0.2) is 0 Å². The summed E-state index contributed by atoms with van der Waals surface area (Å²) in [5.41, 5.74) is -0.437. The van der Waals surface area contributed by atoms with Crippen molar-refractivity contribution in [1.82, 2.24) is 5.32 Å². The second-order valence-corrected chi connectivity index (χ2v) is 4.66. The van der Waals surface area contributed by atoms with Gasteiger partial charge in [0.2, 0.25) is 5.91 Å². The van der Waals surface area contributed by atoms with Gasteiger partial charge in [0.25, 0.3) is 0 Å². The van der Waals surface area contributed by atoms with Crippen molar-refractivity contribution < 1.29 is 14.3 Å². The van der Waals surface area contributed by atoms with Gasteiger partial charge in [-0.05, 0) is 26.7 Å². The predicted molar refractivity (Wildman–Crippen MR) is 51.6 cm³/mol. The summed E-state index contributed by atoms with van der Waals surface area (Å²) in [6.07, 6.45) is 0.773. The van der Waals surface area contributed by atoms with Crippen molar-refractivity contribution in [2.75, 3.05) is 6.54 Å². The van der Waals surface area contributed by atoms with Crippen LogP contribution in [0.5, 0.6) is 0 Å². The third kappa shape index (κ3) is 3.77. The molecule has 1 aliphatic heterocycles. The molecule has 1 saturated heterocycles. The zero-order valence-electron chi connectivity index (χ0n) is 8.92. The van der Waals surface area contributed by atoms with Crippen LogP contribution in [0.2, 0.25) is 0 Å². The molecule has 1 aliphatic rings. The Morgan fingerprint density at radius 1 is 1.57 bits per heavy atom. The van der Waals surface area contributed by atoms with Gasteiger partial charge in [0.1, 0.15) is 5.60 Å². The van der Waals surface area contributed by atoms with Gasteiger partial charge in [0.15, 0.2) is 0 Å². The molecule has 0 saturated carbocycles. The molecule has 4 nitrogen and oxygen atoms in total. The fraction of sp³-hybridized carbons (Fsp3) is 0.800. The van der Waals surface area contributed by atoms with Crippen molar-refractivity contribution in [3.8, 4) is 0 Å². The topological polar surface area (TPSA) is 55.4 Å². The Labute approximate surface area is 84.0 Å². The molecule has 1 amide bonds. The van der Waals surface area contributed by atoms with E-state index in [1.165, 1.54) is 0 Å². The van der Waals surface area contributed by atoms with Crippen molar-refractivity contribution in [2.45, 2.75) is 39.2 Å². The van der Waals surface area contributed by atoms with Crippen LogP contribution in [-0.2, 0) is 14.3 Å². The number of carbonyl (C=O) groups is 2. The minimum atomic E-state index is -0.437. The molecule has 1 fully saturated rings. The Kier molecular flexibility index (Phi) is 3.13. The Bertz CT molecular complexity index is 242. The van der Waals surface area contributed by atoms with Gasteiger partial charge in [-0.1, -0.05) is 0 Å². The van der Waals surface area contributed by atoms with E-state index in [1.54, 1.807) is 0 Å². The zero-order chi connectivity index (χ0) is 10.8. The highest BCUT2D eigenvalue weighted by Gasteiger charge is 2.26. The molecule has 0 aromatic rings. The van der Waals surface area contributed by atoms with Crippen LogP contribution < -0.4 is 5.32 Å². The van der Waals surface area contributed by atoms with Gasteiger partial charge < -0.3 is 10.1 Å². The number of nitrogens with one attached hydrogen (secondary N) is 1. The Hall–Kier alpha value is -1.06. The minimum Gasteiger partial charge on any atom is -0.460 e. The van der Waals surface area contributed by atoms with Gasteiger partial charge in [0.05, 0.1) is 6.42 Å². The molecule has 0 aliphatic carbocycles. The number of ether oxygens (including phenoxy) is 1. The first-order chi connectivity index (χ1) is 6.37. The molecule has 80 valence electrons. The molecule has 0 bridgehead atoms. The lowest BCUT2D eigenvalue weighted by molar-refractivity contribution is -0.155.